The molecule has 0 aliphatic heterocycles. The van der Waals surface area contributed by atoms with Gasteiger partial charge in [0.1, 0.15) is 5.54 Å². The molecule has 128 valence electrons. The SMILES string of the molecule is C[C@@](C#N)(NC(=O)COC(=O)c1ccccc1NCCO)C1CC1. The molecule has 0 unspecified atom stereocenters. The maximum absolute atomic E-state index is 12.1. The number of para-hydroxylation sites is 1. The third kappa shape index (κ3) is 4.46. The molecule has 0 bridgehead atoms. The van der Waals surface area contributed by atoms with Gasteiger partial charge in [-0.25, -0.2) is 4.79 Å². The van der Waals surface area contributed by atoms with Gasteiger partial charge in [0.2, 0.25) is 0 Å². The van der Waals surface area contributed by atoms with Gasteiger partial charge in [-0.1, -0.05) is 12.1 Å². The van der Waals surface area contributed by atoms with Crippen molar-refractivity contribution in [2.24, 2.45) is 5.92 Å². The number of ether oxygens (including phenoxy) is 1. The molecule has 7 nitrogen and oxygen atoms in total. The van der Waals surface area contributed by atoms with E-state index in [4.69, 9.17) is 9.84 Å². The number of rotatable bonds is 8. The quantitative estimate of drug-likeness (QED) is 0.614. The average molecular weight is 331 g/mol. The monoisotopic (exact) mass is 331 g/mol. The van der Waals surface area contributed by atoms with Crippen molar-refractivity contribution in [2.75, 3.05) is 25.1 Å². The molecule has 0 spiro atoms. The number of aliphatic hydroxyl groups excluding tert-OH is 1. The number of carbonyl (C=O) groups excluding carboxylic acids is 2. The molecule has 1 aliphatic carbocycles. The van der Waals surface area contributed by atoms with Crippen molar-refractivity contribution in [1.82, 2.24) is 5.32 Å². The van der Waals surface area contributed by atoms with E-state index in [1.165, 1.54) is 0 Å². The third-order valence-electron chi connectivity index (χ3n) is 3.93. The maximum atomic E-state index is 12.1. The lowest BCUT2D eigenvalue weighted by atomic mass is 9.98. The van der Waals surface area contributed by atoms with E-state index < -0.39 is 24.0 Å². The van der Waals surface area contributed by atoms with Crippen LogP contribution in [0.2, 0.25) is 0 Å². The van der Waals surface area contributed by atoms with Gasteiger partial charge in [0, 0.05) is 12.2 Å². The number of hydrogen-bond donors (Lipinski definition) is 3. The summed E-state index contributed by atoms with van der Waals surface area (Å²) >= 11 is 0. The van der Waals surface area contributed by atoms with E-state index in [0.29, 0.717) is 12.2 Å². The molecular formula is C17H21N3O4. The van der Waals surface area contributed by atoms with Gasteiger partial charge in [-0.05, 0) is 37.8 Å². The summed E-state index contributed by atoms with van der Waals surface area (Å²) in [6.45, 7) is 1.46. The summed E-state index contributed by atoms with van der Waals surface area (Å²) in [5, 5.41) is 23.6. The van der Waals surface area contributed by atoms with E-state index in [-0.39, 0.29) is 18.1 Å². The molecule has 0 heterocycles. The topological polar surface area (TPSA) is 111 Å². The van der Waals surface area contributed by atoms with Crippen LogP contribution in [0.5, 0.6) is 0 Å². The summed E-state index contributed by atoms with van der Waals surface area (Å²) in [6.07, 6.45) is 1.82. The maximum Gasteiger partial charge on any atom is 0.340 e. The summed E-state index contributed by atoms with van der Waals surface area (Å²) < 4.78 is 5.04. The Kier molecular flexibility index (Phi) is 5.77. The van der Waals surface area contributed by atoms with Crippen LogP contribution in [0, 0.1) is 17.2 Å². The molecule has 0 radical (unpaired) electrons. The first kappa shape index (κ1) is 17.8. The molecule has 3 N–H and O–H groups in total. The highest BCUT2D eigenvalue weighted by Gasteiger charge is 2.43. The Morgan fingerprint density at radius 2 is 2.12 bits per heavy atom. The predicted molar refractivity (Wildman–Crippen MR) is 87.2 cm³/mol. The highest BCUT2D eigenvalue weighted by Crippen LogP contribution is 2.39. The van der Waals surface area contributed by atoms with Crippen LogP contribution in [-0.4, -0.2) is 42.3 Å². The second kappa shape index (κ2) is 7.79. The molecule has 7 heteroatoms. The van der Waals surface area contributed by atoms with Gasteiger partial charge < -0.3 is 20.5 Å². The molecular weight excluding hydrogens is 310 g/mol. The molecule has 2 rings (SSSR count). The zero-order chi connectivity index (χ0) is 17.6. The van der Waals surface area contributed by atoms with Gasteiger partial charge in [-0.2, -0.15) is 5.26 Å². The number of nitrogens with zero attached hydrogens (tertiary/aromatic N) is 1. The lowest BCUT2D eigenvalue weighted by Gasteiger charge is -2.22. The smallest absolute Gasteiger partial charge is 0.340 e. The minimum atomic E-state index is -0.913. The van der Waals surface area contributed by atoms with Crippen LogP contribution in [0.1, 0.15) is 30.1 Å². The van der Waals surface area contributed by atoms with Crippen molar-refractivity contribution < 1.29 is 19.4 Å². The fourth-order valence-corrected chi connectivity index (χ4v) is 2.42. The van der Waals surface area contributed by atoms with E-state index in [1.54, 1.807) is 31.2 Å². The molecule has 1 aliphatic rings. The van der Waals surface area contributed by atoms with Gasteiger partial charge in [0.25, 0.3) is 5.91 Å². The average Bonchev–Trinajstić information content (AvgIpc) is 3.43. The first-order valence-electron chi connectivity index (χ1n) is 7.83. The Morgan fingerprint density at radius 1 is 1.42 bits per heavy atom. The minimum Gasteiger partial charge on any atom is -0.452 e. The normalized spacial score (nSPS) is 15.7. The second-order valence-corrected chi connectivity index (χ2v) is 5.91. The molecule has 1 amide bonds. The number of amides is 1. The summed E-state index contributed by atoms with van der Waals surface area (Å²) in [7, 11) is 0. The van der Waals surface area contributed by atoms with Crippen molar-refractivity contribution in [2.45, 2.75) is 25.3 Å². The fourth-order valence-electron chi connectivity index (χ4n) is 2.42. The van der Waals surface area contributed by atoms with E-state index in [1.807, 2.05) is 0 Å². The first-order chi connectivity index (χ1) is 11.5. The van der Waals surface area contributed by atoms with Crippen molar-refractivity contribution in [3.63, 3.8) is 0 Å². The molecule has 0 aromatic heterocycles. The molecule has 1 atom stereocenters. The molecule has 24 heavy (non-hydrogen) atoms. The third-order valence-corrected chi connectivity index (χ3v) is 3.93. The number of carbonyl (C=O) groups is 2. The van der Waals surface area contributed by atoms with Crippen LogP contribution in [0.25, 0.3) is 0 Å². The number of nitrogens with one attached hydrogen (secondary N) is 2. The zero-order valence-electron chi connectivity index (χ0n) is 13.5. The van der Waals surface area contributed by atoms with Crippen molar-refractivity contribution in [1.29, 1.82) is 5.26 Å². The van der Waals surface area contributed by atoms with Gasteiger partial charge in [-0.15, -0.1) is 0 Å². The molecule has 1 aromatic carbocycles. The summed E-state index contributed by atoms with van der Waals surface area (Å²) in [4.78, 5) is 24.1. The lowest BCUT2D eigenvalue weighted by Crippen LogP contribution is -2.48. The van der Waals surface area contributed by atoms with Crippen LogP contribution >= 0.6 is 0 Å². The fraction of sp³-hybridized carbons (Fsp3) is 0.471. The van der Waals surface area contributed by atoms with E-state index in [2.05, 4.69) is 16.7 Å². The van der Waals surface area contributed by atoms with Gasteiger partial charge in [0.15, 0.2) is 6.61 Å². The van der Waals surface area contributed by atoms with Crippen molar-refractivity contribution in [3.05, 3.63) is 29.8 Å². The number of aliphatic hydroxyl groups is 1. The predicted octanol–water partition coefficient (Wildman–Crippen LogP) is 1.06. The number of benzene rings is 1. The lowest BCUT2D eigenvalue weighted by molar-refractivity contribution is -0.125. The summed E-state index contributed by atoms with van der Waals surface area (Å²) in [5.41, 5.74) is -0.106. The Labute approximate surface area is 140 Å². The molecule has 0 saturated heterocycles. The van der Waals surface area contributed by atoms with Crippen LogP contribution in [0.3, 0.4) is 0 Å². The van der Waals surface area contributed by atoms with Gasteiger partial charge >= 0.3 is 5.97 Å². The largest absolute Gasteiger partial charge is 0.452 e. The highest BCUT2D eigenvalue weighted by molar-refractivity contribution is 5.96. The Morgan fingerprint density at radius 3 is 2.75 bits per heavy atom. The number of anilines is 1. The summed E-state index contributed by atoms with van der Waals surface area (Å²) in [6, 6.07) is 8.80. The number of esters is 1. The summed E-state index contributed by atoms with van der Waals surface area (Å²) in [5.74, 6) is -0.984. The highest BCUT2D eigenvalue weighted by atomic mass is 16.5. The first-order valence-corrected chi connectivity index (χ1v) is 7.83. The Bertz CT molecular complexity index is 651. The number of nitriles is 1. The van der Waals surface area contributed by atoms with Crippen molar-refractivity contribution >= 4 is 17.6 Å². The van der Waals surface area contributed by atoms with Crippen LogP contribution < -0.4 is 10.6 Å². The van der Waals surface area contributed by atoms with E-state index >= 15 is 0 Å². The number of hydrogen-bond acceptors (Lipinski definition) is 6. The minimum absolute atomic E-state index is 0.0697. The molecule has 1 saturated carbocycles. The van der Waals surface area contributed by atoms with Crippen LogP contribution in [0.4, 0.5) is 5.69 Å². The van der Waals surface area contributed by atoms with Gasteiger partial charge in [0.05, 0.1) is 18.2 Å². The Balaban J connectivity index is 1.91. The molecule has 1 aromatic rings. The zero-order valence-corrected chi connectivity index (χ0v) is 13.5. The standard InChI is InChI=1S/C17H21N3O4/c1-17(11-18,12-6-7-12)20-15(22)10-24-16(23)13-4-2-3-5-14(13)19-8-9-21/h2-5,12,19,21H,6-10H2,1H3,(H,20,22)/t17-/m0/s1. The van der Waals surface area contributed by atoms with Crippen LogP contribution in [0.15, 0.2) is 24.3 Å². The second-order valence-electron chi connectivity index (χ2n) is 5.91. The Hall–Kier alpha value is -2.59. The van der Waals surface area contributed by atoms with E-state index in [0.717, 1.165) is 12.8 Å². The van der Waals surface area contributed by atoms with Gasteiger partial charge in [-0.3, -0.25) is 4.79 Å². The van der Waals surface area contributed by atoms with E-state index in [9.17, 15) is 14.9 Å². The molecule has 1 fully saturated rings. The van der Waals surface area contributed by atoms with Crippen molar-refractivity contribution in [3.8, 4) is 6.07 Å². The van der Waals surface area contributed by atoms with Crippen LogP contribution in [-0.2, 0) is 9.53 Å².